The van der Waals surface area contributed by atoms with Crippen molar-refractivity contribution in [2.75, 3.05) is 0 Å². The molecule has 0 saturated carbocycles. The number of hydrogen-bond donors (Lipinski definition) is 0. The number of nitrogens with zero attached hydrogens (tertiary/aromatic N) is 2. The Hall–Kier alpha value is -1.10. The van der Waals surface area contributed by atoms with Gasteiger partial charge in [-0.1, -0.05) is 55.1 Å². The molecule has 0 N–H and O–H groups in total. The van der Waals surface area contributed by atoms with E-state index >= 15 is 0 Å². The monoisotopic (exact) mass is 370 g/mol. The van der Waals surface area contributed by atoms with Crippen molar-refractivity contribution < 1.29 is 4.74 Å². The normalized spacial score (nSPS) is 13.5. The number of unbranched alkanes of at least 4 members (excludes halogenated alkanes) is 2. The van der Waals surface area contributed by atoms with Crippen LogP contribution in [0.3, 0.4) is 0 Å². The van der Waals surface area contributed by atoms with Gasteiger partial charge < -0.3 is 9.30 Å². The summed E-state index contributed by atoms with van der Waals surface area (Å²) in [5.41, 5.74) is 0.490. The van der Waals surface area contributed by atoms with Crippen LogP contribution in [-0.4, -0.2) is 14.6 Å². The number of alkyl halides is 1. The Morgan fingerprint density at radius 2 is 2.04 bits per heavy atom. The molecule has 2 aromatic rings. The lowest BCUT2D eigenvalue weighted by Crippen LogP contribution is -2.18. The molecule has 2 rings (SSSR count). The molecular formula is C17H20Cl2N2OS. The molecule has 1 aromatic carbocycles. The van der Waals surface area contributed by atoms with Crippen molar-refractivity contribution in [1.29, 1.82) is 0 Å². The van der Waals surface area contributed by atoms with E-state index in [0.717, 1.165) is 31.2 Å². The quantitative estimate of drug-likeness (QED) is 0.326. The fourth-order valence-corrected chi connectivity index (χ4v) is 2.91. The lowest BCUT2D eigenvalue weighted by Gasteiger charge is -2.25. The van der Waals surface area contributed by atoms with E-state index in [1.807, 2.05) is 30.5 Å². The highest BCUT2D eigenvalue weighted by Gasteiger charge is 2.25. The van der Waals surface area contributed by atoms with Crippen LogP contribution in [0.2, 0.25) is 5.02 Å². The van der Waals surface area contributed by atoms with Gasteiger partial charge in [0, 0.05) is 23.8 Å². The molecule has 0 saturated heterocycles. The van der Waals surface area contributed by atoms with E-state index < -0.39 is 11.6 Å². The van der Waals surface area contributed by atoms with Crippen LogP contribution in [0, 0.1) is 0 Å². The third-order valence-electron chi connectivity index (χ3n) is 3.50. The van der Waals surface area contributed by atoms with E-state index in [1.54, 1.807) is 17.1 Å². The van der Waals surface area contributed by atoms with Crippen LogP contribution in [0.15, 0.2) is 43.0 Å². The Labute approximate surface area is 152 Å². The lowest BCUT2D eigenvalue weighted by molar-refractivity contribution is 0.162. The van der Waals surface area contributed by atoms with E-state index in [1.165, 1.54) is 0 Å². The summed E-state index contributed by atoms with van der Waals surface area (Å²) in [6.07, 6.45) is 8.86. The standard InChI is InChI=1S/C17H20Cl2N2OS/c1-2-3-4-5-15(23)22-16(13-6-8-14(18)9-7-13)17(19)21-11-10-20-12-21/h6-12,16-17H,2-5H2,1H3. The van der Waals surface area contributed by atoms with Crippen LogP contribution in [0.1, 0.15) is 49.8 Å². The summed E-state index contributed by atoms with van der Waals surface area (Å²) in [4.78, 5) is 4.04. The van der Waals surface area contributed by atoms with Gasteiger partial charge in [0.05, 0.1) is 6.33 Å². The second-order valence-corrected chi connectivity index (χ2v) is 6.64. The van der Waals surface area contributed by atoms with Gasteiger partial charge >= 0.3 is 0 Å². The molecule has 0 bridgehead atoms. The van der Waals surface area contributed by atoms with E-state index in [0.29, 0.717) is 10.1 Å². The molecule has 0 aliphatic carbocycles. The van der Waals surface area contributed by atoms with Crippen molar-refractivity contribution in [1.82, 2.24) is 9.55 Å². The molecule has 6 heteroatoms. The first-order valence-electron chi connectivity index (χ1n) is 7.68. The second-order valence-electron chi connectivity index (χ2n) is 5.30. The van der Waals surface area contributed by atoms with Crippen molar-refractivity contribution in [3.8, 4) is 0 Å². The van der Waals surface area contributed by atoms with Gasteiger partial charge in [-0.2, -0.15) is 0 Å². The minimum atomic E-state index is -0.442. The Balaban J connectivity index is 2.14. The number of rotatable bonds is 8. The van der Waals surface area contributed by atoms with Gasteiger partial charge in [0.1, 0.15) is 5.50 Å². The van der Waals surface area contributed by atoms with E-state index in [9.17, 15) is 0 Å². The first-order chi connectivity index (χ1) is 11.1. The van der Waals surface area contributed by atoms with Crippen molar-refractivity contribution in [2.24, 2.45) is 0 Å². The Bertz CT molecular complexity index is 602. The minimum Gasteiger partial charge on any atom is -0.476 e. The van der Waals surface area contributed by atoms with Crippen molar-refractivity contribution in [3.63, 3.8) is 0 Å². The summed E-state index contributed by atoms with van der Waals surface area (Å²) in [7, 11) is 0. The molecule has 3 nitrogen and oxygen atoms in total. The van der Waals surface area contributed by atoms with Crippen LogP contribution >= 0.6 is 35.4 Å². The minimum absolute atomic E-state index is 0.391. The zero-order chi connectivity index (χ0) is 16.7. The van der Waals surface area contributed by atoms with E-state index in [2.05, 4.69) is 11.9 Å². The molecule has 1 aromatic heterocycles. The molecule has 0 radical (unpaired) electrons. The summed E-state index contributed by atoms with van der Waals surface area (Å²) in [6, 6.07) is 7.47. The summed E-state index contributed by atoms with van der Waals surface area (Å²) in [6.45, 7) is 2.16. The summed E-state index contributed by atoms with van der Waals surface area (Å²) in [5, 5.41) is 1.26. The molecule has 0 spiro atoms. The van der Waals surface area contributed by atoms with Crippen molar-refractivity contribution in [3.05, 3.63) is 53.6 Å². The van der Waals surface area contributed by atoms with Crippen molar-refractivity contribution >= 4 is 40.5 Å². The smallest absolute Gasteiger partial charge is 0.160 e. The number of ether oxygens (including phenoxy) is 1. The average Bonchev–Trinajstić information content (AvgIpc) is 3.08. The molecule has 0 aliphatic heterocycles. The number of halogens is 2. The second kappa shape index (κ2) is 9.26. The molecular weight excluding hydrogens is 351 g/mol. The van der Waals surface area contributed by atoms with Crippen LogP contribution in [0.5, 0.6) is 0 Å². The highest BCUT2D eigenvalue weighted by atomic mass is 35.5. The van der Waals surface area contributed by atoms with Crippen LogP contribution < -0.4 is 0 Å². The Kier molecular flexibility index (Phi) is 7.34. The molecule has 2 atom stereocenters. The molecule has 23 heavy (non-hydrogen) atoms. The number of hydrogen-bond acceptors (Lipinski definition) is 3. The highest BCUT2D eigenvalue weighted by Crippen LogP contribution is 2.34. The van der Waals surface area contributed by atoms with Gasteiger partial charge in [0.15, 0.2) is 11.2 Å². The maximum absolute atomic E-state index is 6.60. The number of imidazole rings is 1. The third kappa shape index (κ3) is 5.48. The largest absolute Gasteiger partial charge is 0.476 e. The first-order valence-corrected chi connectivity index (χ1v) is 8.90. The Morgan fingerprint density at radius 3 is 2.65 bits per heavy atom. The van der Waals surface area contributed by atoms with Crippen LogP contribution in [0.25, 0.3) is 0 Å². The molecule has 0 amide bonds. The SMILES string of the molecule is CCCCCC(=S)OC(c1ccc(Cl)cc1)C(Cl)n1ccnc1. The fourth-order valence-electron chi connectivity index (χ4n) is 2.23. The van der Waals surface area contributed by atoms with Crippen LogP contribution in [0.4, 0.5) is 0 Å². The van der Waals surface area contributed by atoms with Gasteiger partial charge in [0.25, 0.3) is 0 Å². The summed E-state index contributed by atoms with van der Waals surface area (Å²) in [5.74, 6) is 0. The number of aromatic nitrogens is 2. The number of thiocarbonyl (C=S) groups is 1. The predicted octanol–water partition coefficient (Wildman–Crippen LogP) is 5.94. The lowest BCUT2D eigenvalue weighted by atomic mass is 10.1. The van der Waals surface area contributed by atoms with Gasteiger partial charge in [-0.15, -0.1) is 0 Å². The summed E-state index contributed by atoms with van der Waals surface area (Å²) < 4.78 is 7.82. The maximum atomic E-state index is 6.60. The average molecular weight is 371 g/mol. The molecule has 0 fully saturated rings. The van der Waals surface area contributed by atoms with E-state index in [-0.39, 0.29) is 0 Å². The van der Waals surface area contributed by atoms with E-state index in [4.69, 9.17) is 40.2 Å². The molecule has 2 unspecified atom stereocenters. The predicted molar refractivity (Wildman–Crippen MR) is 99.1 cm³/mol. The molecule has 1 heterocycles. The van der Waals surface area contributed by atoms with Gasteiger partial charge in [0.2, 0.25) is 0 Å². The first kappa shape index (κ1) is 18.2. The van der Waals surface area contributed by atoms with Gasteiger partial charge in [-0.3, -0.25) is 0 Å². The number of benzene rings is 1. The zero-order valence-corrected chi connectivity index (χ0v) is 15.3. The van der Waals surface area contributed by atoms with Crippen LogP contribution in [-0.2, 0) is 4.74 Å². The summed E-state index contributed by atoms with van der Waals surface area (Å²) >= 11 is 18.0. The zero-order valence-electron chi connectivity index (χ0n) is 13.0. The maximum Gasteiger partial charge on any atom is 0.160 e. The molecule has 124 valence electrons. The topological polar surface area (TPSA) is 27.1 Å². The fraction of sp³-hybridized carbons (Fsp3) is 0.412. The van der Waals surface area contributed by atoms with Gasteiger partial charge in [-0.05, 0) is 36.3 Å². The third-order valence-corrected chi connectivity index (χ3v) is 4.51. The van der Waals surface area contributed by atoms with Gasteiger partial charge in [-0.25, -0.2) is 4.98 Å². The highest BCUT2D eigenvalue weighted by molar-refractivity contribution is 7.80. The van der Waals surface area contributed by atoms with Crippen molar-refractivity contribution in [2.45, 2.75) is 44.2 Å². The Morgan fingerprint density at radius 1 is 1.30 bits per heavy atom. The molecule has 0 aliphatic rings.